The van der Waals surface area contributed by atoms with Crippen molar-refractivity contribution in [2.75, 3.05) is 24.4 Å². The lowest BCUT2D eigenvalue weighted by atomic mass is 10.2. The molecule has 0 spiro atoms. The minimum atomic E-state index is -0.714. The molecular formula is C26H19ClN2O7. The molecule has 1 aliphatic rings. The van der Waals surface area contributed by atoms with E-state index in [-0.39, 0.29) is 27.5 Å². The summed E-state index contributed by atoms with van der Waals surface area (Å²) in [6, 6.07) is 18.5. The molecule has 3 aromatic rings. The Morgan fingerprint density at radius 3 is 2.06 bits per heavy atom. The summed E-state index contributed by atoms with van der Waals surface area (Å²) in [4.78, 5) is 50.6. The number of rotatable bonds is 7. The Morgan fingerprint density at radius 1 is 0.806 bits per heavy atom. The highest BCUT2D eigenvalue weighted by molar-refractivity contribution is 6.53. The lowest BCUT2D eigenvalue weighted by Gasteiger charge is -2.15. The van der Waals surface area contributed by atoms with Crippen LogP contribution in [0.2, 0.25) is 0 Å². The highest BCUT2D eigenvalue weighted by atomic mass is 35.5. The van der Waals surface area contributed by atoms with Crippen molar-refractivity contribution in [1.29, 1.82) is 0 Å². The summed E-state index contributed by atoms with van der Waals surface area (Å²) in [6.45, 7) is 0. The molecule has 1 N–H and O–H groups in total. The van der Waals surface area contributed by atoms with Gasteiger partial charge in [-0.3, -0.25) is 9.59 Å². The monoisotopic (exact) mass is 506 g/mol. The van der Waals surface area contributed by atoms with Gasteiger partial charge in [0.2, 0.25) is 0 Å². The lowest BCUT2D eigenvalue weighted by molar-refractivity contribution is -0.120. The number of nitrogens with one attached hydrogen (secondary N) is 1. The first kappa shape index (κ1) is 24.5. The number of ether oxygens (including phenoxy) is 3. The Kier molecular flexibility index (Phi) is 7.03. The van der Waals surface area contributed by atoms with Gasteiger partial charge in [-0.05, 0) is 60.7 Å². The van der Waals surface area contributed by atoms with Gasteiger partial charge < -0.3 is 19.5 Å². The van der Waals surface area contributed by atoms with E-state index in [4.69, 9.17) is 21.1 Å². The molecule has 1 heterocycles. The van der Waals surface area contributed by atoms with Gasteiger partial charge in [0.15, 0.2) is 0 Å². The molecule has 36 heavy (non-hydrogen) atoms. The zero-order valence-corrected chi connectivity index (χ0v) is 19.9. The molecule has 0 radical (unpaired) electrons. The van der Waals surface area contributed by atoms with Crippen LogP contribution in [0.25, 0.3) is 0 Å². The number of hydrogen-bond donors (Lipinski definition) is 1. The van der Waals surface area contributed by atoms with E-state index < -0.39 is 23.8 Å². The molecule has 0 fully saturated rings. The van der Waals surface area contributed by atoms with Crippen LogP contribution in [0.3, 0.4) is 0 Å². The molecule has 3 aromatic carbocycles. The van der Waals surface area contributed by atoms with Gasteiger partial charge in [0, 0.05) is 11.8 Å². The zero-order valence-electron chi connectivity index (χ0n) is 19.1. The van der Waals surface area contributed by atoms with Crippen LogP contribution in [-0.4, -0.2) is 38.0 Å². The maximum atomic E-state index is 13.0. The number of halogens is 1. The van der Waals surface area contributed by atoms with Crippen molar-refractivity contribution in [3.8, 4) is 11.5 Å². The molecule has 1 aliphatic heterocycles. The molecule has 2 amide bonds. The molecular weight excluding hydrogens is 488 g/mol. The second-order valence-electron chi connectivity index (χ2n) is 7.44. The first-order chi connectivity index (χ1) is 17.3. The van der Waals surface area contributed by atoms with E-state index in [1.54, 1.807) is 36.4 Å². The van der Waals surface area contributed by atoms with Crippen LogP contribution in [0.4, 0.5) is 11.4 Å². The van der Waals surface area contributed by atoms with E-state index in [2.05, 4.69) is 10.1 Å². The van der Waals surface area contributed by atoms with Crippen molar-refractivity contribution in [3.05, 3.63) is 94.7 Å². The fourth-order valence-corrected chi connectivity index (χ4v) is 3.59. The Labute approximate surface area is 210 Å². The van der Waals surface area contributed by atoms with Gasteiger partial charge in [0.25, 0.3) is 11.8 Å². The van der Waals surface area contributed by atoms with Gasteiger partial charge in [0.05, 0.1) is 31.0 Å². The standard InChI is InChI=1S/C26H19ClN2O7/c1-34-19-4-3-5-20(14-19)36-26(33)16-6-10-17(11-7-16)28-22-21(27)23(30)29(24(22)31)18-12-8-15(9-13-18)25(32)35-2/h3-14,28H,1-2H3. The average molecular weight is 507 g/mol. The highest BCUT2D eigenvalue weighted by Gasteiger charge is 2.39. The van der Waals surface area contributed by atoms with Crippen molar-refractivity contribution in [1.82, 2.24) is 0 Å². The zero-order chi connectivity index (χ0) is 25.8. The first-order valence-corrected chi connectivity index (χ1v) is 10.9. The Bertz CT molecular complexity index is 1380. The number of methoxy groups -OCH3 is 2. The number of anilines is 2. The molecule has 9 nitrogen and oxygen atoms in total. The van der Waals surface area contributed by atoms with Crippen LogP contribution in [0.15, 0.2) is 83.5 Å². The molecule has 0 bridgehead atoms. The summed E-state index contributed by atoms with van der Waals surface area (Å²) in [5.74, 6) is -1.64. The Hall–Kier alpha value is -4.63. The lowest BCUT2D eigenvalue weighted by Crippen LogP contribution is -2.32. The average Bonchev–Trinajstić information content (AvgIpc) is 3.11. The smallest absolute Gasteiger partial charge is 0.343 e. The van der Waals surface area contributed by atoms with Crippen molar-refractivity contribution in [2.24, 2.45) is 0 Å². The molecule has 0 aromatic heterocycles. The third kappa shape index (κ3) is 4.91. The van der Waals surface area contributed by atoms with Crippen molar-refractivity contribution in [2.45, 2.75) is 0 Å². The summed E-state index contributed by atoms with van der Waals surface area (Å²) in [6.07, 6.45) is 0. The van der Waals surface area contributed by atoms with E-state index in [0.717, 1.165) is 4.90 Å². The largest absolute Gasteiger partial charge is 0.497 e. The van der Waals surface area contributed by atoms with Crippen LogP contribution < -0.4 is 19.7 Å². The van der Waals surface area contributed by atoms with E-state index in [0.29, 0.717) is 17.2 Å². The van der Waals surface area contributed by atoms with Crippen LogP contribution in [0, 0.1) is 0 Å². The quantitative estimate of drug-likeness (QED) is 0.289. The fourth-order valence-electron chi connectivity index (χ4n) is 3.37. The summed E-state index contributed by atoms with van der Waals surface area (Å²) < 4.78 is 15.1. The normalized spacial score (nSPS) is 13.0. The Balaban J connectivity index is 1.46. The summed E-state index contributed by atoms with van der Waals surface area (Å²) in [5.41, 5.74) is 1.08. The second-order valence-corrected chi connectivity index (χ2v) is 7.82. The van der Waals surface area contributed by atoms with E-state index in [1.807, 2.05) is 0 Å². The molecule has 0 saturated carbocycles. The maximum Gasteiger partial charge on any atom is 0.343 e. The molecule has 0 saturated heterocycles. The van der Waals surface area contributed by atoms with Gasteiger partial charge in [-0.2, -0.15) is 0 Å². The number of esters is 2. The summed E-state index contributed by atoms with van der Waals surface area (Å²) in [7, 11) is 2.76. The molecule has 10 heteroatoms. The van der Waals surface area contributed by atoms with Gasteiger partial charge in [-0.25, -0.2) is 14.5 Å². The number of carbonyl (C=O) groups excluding carboxylic acids is 4. The third-order valence-electron chi connectivity index (χ3n) is 5.22. The number of hydrogen-bond acceptors (Lipinski definition) is 8. The maximum absolute atomic E-state index is 13.0. The number of amides is 2. The van der Waals surface area contributed by atoms with Gasteiger partial charge >= 0.3 is 11.9 Å². The number of nitrogens with zero attached hydrogens (tertiary/aromatic N) is 1. The van der Waals surface area contributed by atoms with E-state index in [1.165, 1.54) is 50.6 Å². The highest BCUT2D eigenvalue weighted by Crippen LogP contribution is 2.30. The first-order valence-electron chi connectivity index (χ1n) is 10.5. The van der Waals surface area contributed by atoms with Crippen LogP contribution >= 0.6 is 11.6 Å². The van der Waals surface area contributed by atoms with E-state index in [9.17, 15) is 19.2 Å². The molecule has 4 rings (SSSR count). The van der Waals surface area contributed by atoms with Crippen LogP contribution in [0.5, 0.6) is 11.5 Å². The van der Waals surface area contributed by atoms with Crippen molar-refractivity contribution in [3.63, 3.8) is 0 Å². The minimum Gasteiger partial charge on any atom is -0.497 e. The van der Waals surface area contributed by atoms with Gasteiger partial charge in [-0.1, -0.05) is 17.7 Å². The molecule has 0 aliphatic carbocycles. The Morgan fingerprint density at radius 2 is 1.42 bits per heavy atom. The van der Waals surface area contributed by atoms with Crippen LogP contribution in [0.1, 0.15) is 20.7 Å². The third-order valence-corrected chi connectivity index (χ3v) is 5.57. The predicted molar refractivity (Wildman–Crippen MR) is 131 cm³/mol. The topological polar surface area (TPSA) is 111 Å². The SMILES string of the molecule is COC(=O)c1ccc(N2C(=O)C(Cl)=C(Nc3ccc(C(=O)Oc4cccc(OC)c4)cc3)C2=O)cc1. The number of imide groups is 1. The number of carbonyl (C=O) groups is 4. The molecule has 0 atom stereocenters. The molecule has 182 valence electrons. The molecule has 0 unspecified atom stereocenters. The van der Waals surface area contributed by atoms with Crippen LogP contribution in [-0.2, 0) is 14.3 Å². The fraction of sp³-hybridized carbons (Fsp3) is 0.0769. The minimum absolute atomic E-state index is 0.120. The van der Waals surface area contributed by atoms with E-state index >= 15 is 0 Å². The summed E-state index contributed by atoms with van der Waals surface area (Å²) in [5, 5.41) is 2.54. The number of benzene rings is 3. The van der Waals surface area contributed by atoms with Gasteiger partial charge in [-0.15, -0.1) is 0 Å². The van der Waals surface area contributed by atoms with Crippen molar-refractivity contribution < 1.29 is 33.4 Å². The van der Waals surface area contributed by atoms with Gasteiger partial charge in [0.1, 0.15) is 22.2 Å². The predicted octanol–water partition coefficient (Wildman–Crippen LogP) is 4.14. The second kappa shape index (κ2) is 10.3. The summed E-state index contributed by atoms with van der Waals surface area (Å²) >= 11 is 6.17. The van der Waals surface area contributed by atoms with Crippen molar-refractivity contribution >= 4 is 46.7 Å².